The Morgan fingerprint density at radius 2 is 2.00 bits per heavy atom. The first kappa shape index (κ1) is 10.6. The molecule has 11 heavy (non-hydrogen) atoms. The maximum atomic E-state index is 9.90. The lowest BCUT2D eigenvalue weighted by atomic mass is 10.1. The quantitative estimate of drug-likeness (QED) is 0.348. The van der Waals surface area contributed by atoms with Crippen molar-refractivity contribution in [1.29, 1.82) is 0 Å². The lowest BCUT2D eigenvalue weighted by Crippen LogP contribution is -2.42. The first-order valence-electron chi connectivity index (χ1n) is 3.95. The van der Waals surface area contributed by atoms with Crippen LogP contribution in [0.3, 0.4) is 0 Å². The summed E-state index contributed by atoms with van der Waals surface area (Å²) in [6, 6.07) is 0. The highest BCUT2D eigenvalue weighted by Crippen LogP contribution is 1.95. The molecule has 0 amide bonds. The van der Waals surface area contributed by atoms with Gasteiger partial charge in [-0.1, -0.05) is 0 Å². The minimum atomic E-state index is 0.147. The predicted molar refractivity (Wildman–Crippen MR) is 46.4 cm³/mol. The summed E-state index contributed by atoms with van der Waals surface area (Å²) in [6.45, 7) is 7.83. The Morgan fingerprint density at radius 3 is 2.45 bits per heavy atom. The topological polar surface area (TPSA) is 41.1 Å². The highest BCUT2D eigenvalue weighted by atomic mass is 16.1. The van der Waals surface area contributed by atoms with Gasteiger partial charge in [-0.05, 0) is 20.8 Å². The SMILES string of the molecule is CC(C)(C)NCNCCC=O. The van der Waals surface area contributed by atoms with Gasteiger partial charge in [0.25, 0.3) is 0 Å². The van der Waals surface area contributed by atoms with Crippen molar-refractivity contribution in [3.8, 4) is 0 Å². The standard InChI is InChI=1S/C8H18N2O/c1-8(2,3)10-7-9-5-4-6-11/h6,9-10H,4-5,7H2,1-3H3. The van der Waals surface area contributed by atoms with Gasteiger partial charge < -0.3 is 10.1 Å². The number of hydrogen-bond acceptors (Lipinski definition) is 3. The molecule has 0 bridgehead atoms. The smallest absolute Gasteiger partial charge is 0.121 e. The first-order valence-corrected chi connectivity index (χ1v) is 3.95. The third-order valence-electron chi connectivity index (χ3n) is 1.18. The van der Waals surface area contributed by atoms with Crippen LogP contribution in [0.4, 0.5) is 0 Å². The lowest BCUT2D eigenvalue weighted by molar-refractivity contribution is -0.107. The number of carbonyl (C=O) groups excluding carboxylic acids is 1. The molecule has 0 saturated heterocycles. The minimum absolute atomic E-state index is 0.147. The van der Waals surface area contributed by atoms with Crippen LogP contribution in [0.1, 0.15) is 27.2 Å². The molecular weight excluding hydrogens is 140 g/mol. The highest BCUT2D eigenvalue weighted by Gasteiger charge is 2.06. The maximum absolute atomic E-state index is 9.90. The van der Waals surface area contributed by atoms with Crippen molar-refractivity contribution < 1.29 is 4.79 Å². The van der Waals surface area contributed by atoms with Crippen molar-refractivity contribution >= 4 is 6.29 Å². The fraction of sp³-hybridized carbons (Fsp3) is 0.875. The largest absolute Gasteiger partial charge is 0.304 e. The molecule has 3 heteroatoms. The first-order chi connectivity index (χ1) is 5.06. The van der Waals surface area contributed by atoms with Gasteiger partial charge in [0.05, 0.1) is 0 Å². The molecule has 0 aliphatic heterocycles. The highest BCUT2D eigenvalue weighted by molar-refractivity contribution is 5.49. The van der Waals surface area contributed by atoms with E-state index >= 15 is 0 Å². The molecule has 0 aromatic carbocycles. The van der Waals surface area contributed by atoms with E-state index in [9.17, 15) is 4.79 Å². The molecule has 0 rings (SSSR count). The van der Waals surface area contributed by atoms with Crippen LogP contribution in [0, 0.1) is 0 Å². The molecule has 0 aliphatic carbocycles. The van der Waals surface area contributed by atoms with E-state index in [1.807, 2.05) is 0 Å². The Bertz CT molecular complexity index is 107. The van der Waals surface area contributed by atoms with Gasteiger partial charge in [-0.2, -0.15) is 0 Å². The number of aldehydes is 1. The van der Waals surface area contributed by atoms with Crippen molar-refractivity contribution in [2.24, 2.45) is 0 Å². The van der Waals surface area contributed by atoms with Crippen LogP contribution in [0.15, 0.2) is 0 Å². The molecule has 0 aromatic heterocycles. The molecule has 66 valence electrons. The van der Waals surface area contributed by atoms with Gasteiger partial charge >= 0.3 is 0 Å². The average Bonchev–Trinajstić information content (AvgIpc) is 1.85. The molecule has 0 radical (unpaired) electrons. The molecule has 2 N–H and O–H groups in total. The Hall–Kier alpha value is -0.410. The summed E-state index contributed by atoms with van der Waals surface area (Å²) in [7, 11) is 0. The summed E-state index contributed by atoms with van der Waals surface area (Å²) >= 11 is 0. The van der Waals surface area contributed by atoms with Crippen LogP contribution in [-0.4, -0.2) is 25.0 Å². The molecule has 0 atom stereocenters. The summed E-state index contributed by atoms with van der Waals surface area (Å²) in [5.74, 6) is 0. The van der Waals surface area contributed by atoms with Gasteiger partial charge in [-0.3, -0.25) is 5.32 Å². The van der Waals surface area contributed by atoms with E-state index in [2.05, 4.69) is 31.4 Å². The van der Waals surface area contributed by atoms with Crippen molar-refractivity contribution in [3.05, 3.63) is 0 Å². The van der Waals surface area contributed by atoms with Gasteiger partial charge in [-0.15, -0.1) is 0 Å². The van der Waals surface area contributed by atoms with Crippen LogP contribution >= 0.6 is 0 Å². The summed E-state index contributed by atoms with van der Waals surface area (Å²) in [5, 5.41) is 6.35. The van der Waals surface area contributed by atoms with E-state index in [1.165, 1.54) is 0 Å². The fourth-order valence-corrected chi connectivity index (χ4v) is 0.577. The molecule has 0 unspecified atom stereocenters. The van der Waals surface area contributed by atoms with E-state index in [0.717, 1.165) is 19.5 Å². The zero-order chi connectivity index (χ0) is 8.74. The van der Waals surface area contributed by atoms with Crippen LogP contribution < -0.4 is 10.6 Å². The summed E-state index contributed by atoms with van der Waals surface area (Å²) in [4.78, 5) is 9.90. The van der Waals surface area contributed by atoms with E-state index in [-0.39, 0.29) is 5.54 Å². The van der Waals surface area contributed by atoms with Gasteiger partial charge in [0.15, 0.2) is 0 Å². The molecule has 0 fully saturated rings. The van der Waals surface area contributed by atoms with Crippen LogP contribution in [0.5, 0.6) is 0 Å². The molecule has 0 heterocycles. The number of carbonyl (C=O) groups is 1. The molecular formula is C8H18N2O. The van der Waals surface area contributed by atoms with Gasteiger partial charge in [0.1, 0.15) is 6.29 Å². The molecule has 0 spiro atoms. The second-order valence-corrected chi connectivity index (χ2v) is 3.56. The average molecular weight is 158 g/mol. The maximum Gasteiger partial charge on any atom is 0.121 e. The summed E-state index contributed by atoms with van der Waals surface area (Å²) in [6.07, 6.45) is 1.51. The van der Waals surface area contributed by atoms with Crippen LogP contribution in [0.2, 0.25) is 0 Å². The fourth-order valence-electron chi connectivity index (χ4n) is 0.577. The van der Waals surface area contributed by atoms with E-state index < -0.39 is 0 Å². The number of hydrogen-bond donors (Lipinski definition) is 2. The van der Waals surface area contributed by atoms with Crippen molar-refractivity contribution in [1.82, 2.24) is 10.6 Å². The van der Waals surface area contributed by atoms with Crippen molar-refractivity contribution in [3.63, 3.8) is 0 Å². The Labute approximate surface area is 68.6 Å². The summed E-state index contributed by atoms with van der Waals surface area (Å²) < 4.78 is 0. The Morgan fingerprint density at radius 1 is 1.36 bits per heavy atom. The lowest BCUT2D eigenvalue weighted by Gasteiger charge is -2.20. The van der Waals surface area contributed by atoms with Crippen molar-refractivity contribution in [2.45, 2.75) is 32.7 Å². The van der Waals surface area contributed by atoms with Crippen LogP contribution in [0.25, 0.3) is 0 Å². The number of nitrogens with one attached hydrogen (secondary N) is 2. The Kier molecular flexibility index (Phi) is 5.07. The second-order valence-electron chi connectivity index (χ2n) is 3.56. The summed E-state index contributed by atoms with van der Waals surface area (Å²) in [5.41, 5.74) is 0.147. The Balaban J connectivity index is 3.08. The van der Waals surface area contributed by atoms with E-state index in [1.54, 1.807) is 0 Å². The van der Waals surface area contributed by atoms with Crippen molar-refractivity contribution in [2.75, 3.05) is 13.2 Å². The molecule has 3 nitrogen and oxygen atoms in total. The zero-order valence-electron chi connectivity index (χ0n) is 7.61. The van der Waals surface area contributed by atoms with Crippen LogP contribution in [-0.2, 0) is 4.79 Å². The number of rotatable bonds is 5. The third kappa shape index (κ3) is 9.59. The van der Waals surface area contributed by atoms with E-state index in [4.69, 9.17) is 0 Å². The zero-order valence-corrected chi connectivity index (χ0v) is 7.61. The van der Waals surface area contributed by atoms with Gasteiger partial charge in [0.2, 0.25) is 0 Å². The van der Waals surface area contributed by atoms with E-state index in [0.29, 0.717) is 6.42 Å². The predicted octanol–water partition coefficient (Wildman–Crippen LogP) is 0.511. The van der Waals surface area contributed by atoms with Gasteiger partial charge in [0, 0.05) is 25.2 Å². The molecule has 0 saturated carbocycles. The second kappa shape index (κ2) is 5.27. The molecule has 0 aliphatic rings. The third-order valence-corrected chi connectivity index (χ3v) is 1.18. The molecule has 0 aromatic rings. The monoisotopic (exact) mass is 158 g/mol. The van der Waals surface area contributed by atoms with Gasteiger partial charge in [-0.25, -0.2) is 0 Å². The minimum Gasteiger partial charge on any atom is -0.304 e. The normalized spacial score (nSPS) is 11.5.